The van der Waals surface area contributed by atoms with Crippen LogP contribution in [0.25, 0.3) is 0 Å². The number of carbonyl (C=O) groups is 3. The number of nitrogens with one attached hydrogen (secondary N) is 2. The molecular formula is C28H30N6O3S. The molecule has 1 atom stereocenters. The highest BCUT2D eigenvalue weighted by Crippen LogP contribution is 2.28. The van der Waals surface area contributed by atoms with Gasteiger partial charge in [0.2, 0.25) is 0 Å². The van der Waals surface area contributed by atoms with Gasteiger partial charge in [0, 0.05) is 18.9 Å². The van der Waals surface area contributed by atoms with Gasteiger partial charge in [-0.05, 0) is 60.7 Å². The van der Waals surface area contributed by atoms with Gasteiger partial charge < -0.3 is 5.32 Å². The molecule has 1 aromatic carbocycles. The SMILES string of the molecule is CC1=NN(c2ccc(C(C)(C)C)cc2)C(=O)C1/C(C)=N/NC(=O)c1ccc(C(=O)NCc2cccnc2)s1. The lowest BCUT2D eigenvalue weighted by atomic mass is 9.87. The van der Waals surface area contributed by atoms with Crippen LogP contribution >= 0.6 is 11.3 Å². The average molecular weight is 531 g/mol. The maximum Gasteiger partial charge on any atom is 0.281 e. The normalized spacial score (nSPS) is 15.9. The Bertz CT molecular complexity index is 1400. The number of aromatic nitrogens is 1. The fourth-order valence-corrected chi connectivity index (χ4v) is 4.76. The van der Waals surface area contributed by atoms with Gasteiger partial charge in [-0.25, -0.2) is 5.43 Å². The van der Waals surface area contributed by atoms with Crippen LogP contribution in [0.4, 0.5) is 5.69 Å². The molecule has 2 aromatic heterocycles. The number of carbonyl (C=O) groups excluding carboxylic acids is 3. The fourth-order valence-electron chi connectivity index (χ4n) is 3.95. The highest BCUT2D eigenvalue weighted by molar-refractivity contribution is 7.15. The van der Waals surface area contributed by atoms with Gasteiger partial charge in [-0.1, -0.05) is 39.0 Å². The second kappa shape index (κ2) is 11.1. The summed E-state index contributed by atoms with van der Waals surface area (Å²) in [6, 6.07) is 14.6. The van der Waals surface area contributed by atoms with Crippen molar-refractivity contribution in [2.24, 2.45) is 16.1 Å². The summed E-state index contributed by atoms with van der Waals surface area (Å²) in [5.74, 6) is -1.65. The van der Waals surface area contributed by atoms with Crippen molar-refractivity contribution in [3.63, 3.8) is 0 Å². The molecule has 9 nitrogen and oxygen atoms in total. The van der Waals surface area contributed by atoms with Crippen LogP contribution < -0.4 is 15.8 Å². The third-order valence-electron chi connectivity index (χ3n) is 6.09. The molecule has 0 saturated heterocycles. The molecule has 10 heteroatoms. The van der Waals surface area contributed by atoms with Crippen LogP contribution in [-0.4, -0.2) is 34.1 Å². The topological polar surface area (TPSA) is 116 Å². The standard InChI is InChI=1S/C28H30N6O3S/c1-17(24-18(2)33-34(27(24)37)21-10-8-20(9-11-21)28(3,4)5)31-32-26(36)23-13-12-22(38-23)25(35)30-16-19-7-6-14-29-15-19/h6-15,24H,16H2,1-5H3,(H,30,35)(H,32,36)/b31-17+. The van der Waals surface area contributed by atoms with Gasteiger partial charge in [0.05, 0.1) is 26.9 Å². The van der Waals surface area contributed by atoms with Crippen LogP contribution in [0.15, 0.2) is 71.1 Å². The molecule has 196 valence electrons. The van der Waals surface area contributed by atoms with Crippen LogP contribution in [0.1, 0.15) is 65.1 Å². The summed E-state index contributed by atoms with van der Waals surface area (Å²) in [4.78, 5) is 43.0. The molecule has 0 fully saturated rings. The summed E-state index contributed by atoms with van der Waals surface area (Å²) < 4.78 is 0. The van der Waals surface area contributed by atoms with Gasteiger partial charge in [0.1, 0.15) is 5.92 Å². The second-order valence-corrected chi connectivity index (χ2v) is 11.1. The molecular weight excluding hydrogens is 500 g/mol. The Balaban J connectivity index is 1.37. The van der Waals surface area contributed by atoms with Gasteiger partial charge in [-0.15, -0.1) is 11.3 Å². The minimum atomic E-state index is -0.672. The third kappa shape index (κ3) is 6.03. The van der Waals surface area contributed by atoms with Crippen LogP contribution in [0, 0.1) is 5.92 Å². The number of pyridine rings is 1. The van der Waals surface area contributed by atoms with E-state index in [9.17, 15) is 14.4 Å². The largest absolute Gasteiger partial charge is 0.347 e. The zero-order valence-electron chi connectivity index (χ0n) is 22.0. The Hall–Kier alpha value is -4.18. The zero-order valence-corrected chi connectivity index (χ0v) is 22.8. The van der Waals surface area contributed by atoms with E-state index in [-0.39, 0.29) is 17.2 Å². The van der Waals surface area contributed by atoms with Crippen molar-refractivity contribution in [3.05, 3.63) is 81.8 Å². The van der Waals surface area contributed by atoms with Crippen LogP contribution in [0.5, 0.6) is 0 Å². The maximum atomic E-state index is 13.2. The quantitative estimate of drug-likeness (QED) is 0.345. The molecule has 1 aliphatic rings. The van der Waals surface area contributed by atoms with E-state index >= 15 is 0 Å². The van der Waals surface area contributed by atoms with Gasteiger partial charge in [-0.3, -0.25) is 19.4 Å². The fraction of sp³-hybridized carbons (Fsp3) is 0.286. The molecule has 38 heavy (non-hydrogen) atoms. The monoisotopic (exact) mass is 530 g/mol. The lowest BCUT2D eigenvalue weighted by Gasteiger charge is -2.20. The van der Waals surface area contributed by atoms with Crippen molar-refractivity contribution >= 4 is 46.2 Å². The van der Waals surface area contributed by atoms with Gasteiger partial charge >= 0.3 is 0 Å². The minimum Gasteiger partial charge on any atom is -0.347 e. The number of benzene rings is 1. The highest BCUT2D eigenvalue weighted by atomic mass is 32.1. The van der Waals surface area contributed by atoms with Crippen LogP contribution in [0.3, 0.4) is 0 Å². The number of hydrogen-bond acceptors (Lipinski definition) is 7. The Labute approximate surface area is 225 Å². The Morgan fingerprint density at radius 2 is 1.74 bits per heavy atom. The van der Waals surface area contributed by atoms with E-state index in [1.54, 1.807) is 44.4 Å². The molecule has 4 rings (SSSR count). The van der Waals surface area contributed by atoms with Gasteiger partial charge in [-0.2, -0.15) is 15.2 Å². The summed E-state index contributed by atoms with van der Waals surface area (Å²) in [6.07, 6.45) is 3.34. The average Bonchev–Trinajstić information content (AvgIpc) is 3.50. The Morgan fingerprint density at radius 1 is 1.05 bits per heavy atom. The van der Waals surface area contributed by atoms with Crippen molar-refractivity contribution in [2.45, 2.75) is 46.6 Å². The van der Waals surface area contributed by atoms with E-state index in [1.165, 1.54) is 5.01 Å². The molecule has 3 amide bonds. The van der Waals surface area contributed by atoms with E-state index < -0.39 is 11.8 Å². The first kappa shape index (κ1) is 26.9. The van der Waals surface area contributed by atoms with E-state index in [0.29, 0.717) is 33.4 Å². The maximum absolute atomic E-state index is 13.2. The van der Waals surface area contributed by atoms with Crippen molar-refractivity contribution in [3.8, 4) is 0 Å². The van der Waals surface area contributed by atoms with Crippen LogP contribution in [-0.2, 0) is 16.8 Å². The number of nitrogens with zero attached hydrogens (tertiary/aromatic N) is 4. The van der Waals surface area contributed by atoms with E-state index in [1.807, 2.05) is 30.3 Å². The summed E-state index contributed by atoms with van der Waals surface area (Å²) in [6.45, 7) is 10.2. The summed E-state index contributed by atoms with van der Waals surface area (Å²) in [5, 5.41) is 12.8. The third-order valence-corrected chi connectivity index (χ3v) is 7.17. The molecule has 3 aromatic rings. The molecule has 0 bridgehead atoms. The number of thiophene rings is 1. The lowest BCUT2D eigenvalue weighted by Crippen LogP contribution is -2.33. The van der Waals surface area contributed by atoms with Gasteiger partial charge in [0.15, 0.2) is 0 Å². The van der Waals surface area contributed by atoms with Gasteiger partial charge in [0.25, 0.3) is 17.7 Å². The molecule has 0 spiro atoms. The zero-order chi connectivity index (χ0) is 27.4. The number of hydrazone groups is 2. The first-order chi connectivity index (χ1) is 18.0. The predicted molar refractivity (Wildman–Crippen MR) is 150 cm³/mol. The molecule has 3 heterocycles. The molecule has 1 unspecified atom stereocenters. The lowest BCUT2D eigenvalue weighted by molar-refractivity contribution is -0.118. The smallest absolute Gasteiger partial charge is 0.281 e. The molecule has 1 aliphatic heterocycles. The predicted octanol–water partition coefficient (Wildman–Crippen LogP) is 4.52. The molecule has 0 saturated carbocycles. The Kier molecular flexibility index (Phi) is 7.82. The summed E-state index contributed by atoms with van der Waals surface area (Å²) in [7, 11) is 0. The number of hydrogen-bond donors (Lipinski definition) is 2. The highest BCUT2D eigenvalue weighted by Gasteiger charge is 2.36. The number of rotatable bonds is 7. The molecule has 0 radical (unpaired) electrons. The molecule has 2 N–H and O–H groups in total. The van der Waals surface area contributed by atoms with Crippen molar-refractivity contribution in [2.75, 3.05) is 5.01 Å². The minimum absolute atomic E-state index is 0.00369. The first-order valence-corrected chi connectivity index (χ1v) is 13.0. The van der Waals surface area contributed by atoms with Crippen molar-refractivity contribution in [1.82, 2.24) is 15.7 Å². The van der Waals surface area contributed by atoms with E-state index in [4.69, 9.17) is 0 Å². The number of anilines is 1. The first-order valence-electron chi connectivity index (χ1n) is 12.2. The van der Waals surface area contributed by atoms with Crippen LogP contribution in [0.2, 0.25) is 0 Å². The van der Waals surface area contributed by atoms with E-state index in [2.05, 4.69) is 46.7 Å². The Morgan fingerprint density at radius 3 is 2.37 bits per heavy atom. The molecule has 0 aliphatic carbocycles. The van der Waals surface area contributed by atoms with Crippen molar-refractivity contribution in [1.29, 1.82) is 0 Å². The van der Waals surface area contributed by atoms with E-state index in [0.717, 1.165) is 22.5 Å². The summed E-state index contributed by atoms with van der Waals surface area (Å²) in [5.41, 5.74) is 6.23. The second-order valence-electron chi connectivity index (χ2n) is 10.0. The van der Waals surface area contributed by atoms with Crippen molar-refractivity contribution < 1.29 is 14.4 Å². The number of amides is 3. The summed E-state index contributed by atoms with van der Waals surface area (Å²) >= 11 is 1.06.